The first-order chi connectivity index (χ1) is 8.76. The minimum absolute atomic E-state index is 0.463. The van der Waals surface area contributed by atoms with E-state index in [-0.39, 0.29) is 0 Å². The van der Waals surface area contributed by atoms with E-state index in [1.165, 1.54) is 11.3 Å². The van der Waals surface area contributed by atoms with Crippen LogP contribution in [0.1, 0.15) is 0 Å². The van der Waals surface area contributed by atoms with Gasteiger partial charge in [-0.1, -0.05) is 11.3 Å². The van der Waals surface area contributed by atoms with Crippen LogP contribution < -0.4 is 10.5 Å². The van der Waals surface area contributed by atoms with Crippen LogP contribution in [-0.2, 0) is 0 Å². The zero-order chi connectivity index (χ0) is 12.5. The van der Waals surface area contributed by atoms with Crippen LogP contribution in [0.3, 0.4) is 0 Å². The van der Waals surface area contributed by atoms with Gasteiger partial charge in [-0.3, -0.25) is 4.98 Å². The van der Waals surface area contributed by atoms with Crippen LogP contribution in [-0.4, -0.2) is 27.0 Å². The van der Waals surface area contributed by atoms with Crippen molar-refractivity contribution in [3.8, 4) is 17.1 Å². The van der Waals surface area contributed by atoms with Crippen LogP contribution in [0.2, 0.25) is 0 Å². The molecule has 3 aromatic heterocycles. The molecule has 0 unspecified atom stereocenters. The maximum Gasteiger partial charge on any atom is 0.191 e. The van der Waals surface area contributed by atoms with E-state index in [1.54, 1.807) is 19.5 Å². The monoisotopic (exact) mass is 259 g/mol. The van der Waals surface area contributed by atoms with Crippen LogP contribution >= 0.6 is 11.3 Å². The van der Waals surface area contributed by atoms with E-state index in [2.05, 4.69) is 19.9 Å². The van der Waals surface area contributed by atoms with Crippen LogP contribution in [0, 0.1) is 0 Å². The number of thiazole rings is 1. The Morgan fingerprint density at radius 2 is 2.00 bits per heavy atom. The Morgan fingerprint density at radius 1 is 1.11 bits per heavy atom. The summed E-state index contributed by atoms with van der Waals surface area (Å²) in [6.07, 6.45) is 3.28. The van der Waals surface area contributed by atoms with Gasteiger partial charge in [0.2, 0.25) is 0 Å². The Bertz CT molecular complexity index is 694. The fourth-order valence-electron chi connectivity index (χ4n) is 1.51. The maximum atomic E-state index is 5.61. The van der Waals surface area contributed by atoms with E-state index in [1.807, 2.05) is 12.1 Å². The lowest BCUT2D eigenvalue weighted by Crippen LogP contribution is -1.90. The number of aromatic nitrogens is 4. The quantitative estimate of drug-likeness (QED) is 0.754. The van der Waals surface area contributed by atoms with Crippen molar-refractivity contribution < 1.29 is 4.74 Å². The fourth-order valence-corrected chi connectivity index (χ4v) is 2.18. The summed E-state index contributed by atoms with van der Waals surface area (Å²) < 4.78 is 5.06. The molecule has 0 aliphatic rings. The van der Waals surface area contributed by atoms with Gasteiger partial charge in [0.15, 0.2) is 15.6 Å². The first kappa shape index (κ1) is 10.8. The molecule has 0 radical (unpaired) electrons. The van der Waals surface area contributed by atoms with E-state index in [9.17, 15) is 0 Å². The second-order valence-electron chi connectivity index (χ2n) is 3.52. The van der Waals surface area contributed by atoms with Gasteiger partial charge >= 0.3 is 0 Å². The highest BCUT2D eigenvalue weighted by Crippen LogP contribution is 2.23. The van der Waals surface area contributed by atoms with Gasteiger partial charge in [-0.15, -0.1) is 0 Å². The molecule has 3 aromatic rings. The highest BCUT2D eigenvalue weighted by atomic mass is 32.1. The van der Waals surface area contributed by atoms with Crippen molar-refractivity contribution in [3.05, 3.63) is 24.5 Å². The zero-order valence-electron chi connectivity index (χ0n) is 9.49. The number of anilines is 1. The largest absolute Gasteiger partial charge is 0.495 e. The number of nitrogens with zero attached hydrogens (tertiary/aromatic N) is 4. The third-order valence-corrected chi connectivity index (χ3v) is 3.14. The van der Waals surface area contributed by atoms with Gasteiger partial charge in [0, 0.05) is 0 Å². The van der Waals surface area contributed by atoms with E-state index in [0.717, 1.165) is 5.69 Å². The Kier molecular flexibility index (Phi) is 2.52. The van der Waals surface area contributed by atoms with Gasteiger partial charge in [0.05, 0.1) is 25.2 Å². The van der Waals surface area contributed by atoms with Crippen molar-refractivity contribution in [2.75, 3.05) is 12.8 Å². The lowest BCUT2D eigenvalue weighted by molar-refractivity contribution is 0.413. The summed E-state index contributed by atoms with van der Waals surface area (Å²) in [4.78, 5) is 17.7. The number of ether oxygens (including phenoxy) is 1. The standard InChI is InChI=1S/C11H9N5OS/c1-17-6-2-3-7(13-4-6)8-5-14-9-10(15-8)18-11(12)16-9/h2-5H,1H3,(H2,12,14,16). The van der Waals surface area contributed by atoms with Gasteiger partial charge in [-0.25, -0.2) is 9.97 Å². The number of pyridine rings is 1. The molecule has 7 heteroatoms. The van der Waals surface area contributed by atoms with Crippen molar-refractivity contribution >= 4 is 26.9 Å². The summed E-state index contributed by atoms with van der Waals surface area (Å²) in [5.41, 5.74) is 7.60. The van der Waals surface area contributed by atoms with Gasteiger partial charge in [-0.2, -0.15) is 4.98 Å². The van der Waals surface area contributed by atoms with Crippen LogP contribution in [0.4, 0.5) is 5.13 Å². The Balaban J connectivity index is 2.06. The average molecular weight is 259 g/mol. The first-order valence-corrected chi connectivity index (χ1v) is 5.97. The van der Waals surface area contributed by atoms with Crippen molar-refractivity contribution in [2.24, 2.45) is 0 Å². The molecular formula is C11H9N5OS. The smallest absolute Gasteiger partial charge is 0.191 e. The predicted octanol–water partition coefficient (Wildman–Crippen LogP) is 1.74. The molecule has 0 amide bonds. The Labute approximate surface area is 107 Å². The van der Waals surface area contributed by atoms with Crippen molar-refractivity contribution in [3.63, 3.8) is 0 Å². The van der Waals surface area contributed by atoms with Gasteiger partial charge in [0.1, 0.15) is 11.4 Å². The van der Waals surface area contributed by atoms with Crippen LogP contribution in [0.25, 0.3) is 21.9 Å². The maximum absolute atomic E-state index is 5.61. The second-order valence-corrected chi connectivity index (χ2v) is 4.53. The number of nitrogen functional groups attached to an aromatic ring is 1. The number of hydrogen-bond donors (Lipinski definition) is 1. The minimum atomic E-state index is 0.463. The second kappa shape index (κ2) is 4.19. The topological polar surface area (TPSA) is 86.8 Å². The number of methoxy groups -OCH3 is 1. The molecule has 0 fully saturated rings. The summed E-state index contributed by atoms with van der Waals surface area (Å²) in [6.45, 7) is 0. The van der Waals surface area contributed by atoms with Crippen LogP contribution in [0.5, 0.6) is 5.75 Å². The fraction of sp³-hybridized carbons (Fsp3) is 0.0909. The number of hydrogen-bond acceptors (Lipinski definition) is 7. The van der Waals surface area contributed by atoms with Crippen molar-refractivity contribution in [1.82, 2.24) is 19.9 Å². The number of rotatable bonds is 2. The van der Waals surface area contributed by atoms with E-state index in [0.29, 0.717) is 27.1 Å². The summed E-state index contributed by atoms with van der Waals surface area (Å²) >= 11 is 1.31. The molecule has 3 rings (SSSR count). The molecule has 6 nitrogen and oxygen atoms in total. The summed E-state index contributed by atoms with van der Waals surface area (Å²) in [5.74, 6) is 0.704. The molecule has 0 bridgehead atoms. The minimum Gasteiger partial charge on any atom is -0.495 e. The summed E-state index contributed by atoms with van der Waals surface area (Å²) in [6, 6.07) is 3.66. The molecule has 18 heavy (non-hydrogen) atoms. The predicted molar refractivity (Wildman–Crippen MR) is 69.4 cm³/mol. The normalized spacial score (nSPS) is 10.7. The molecule has 0 aromatic carbocycles. The van der Waals surface area contributed by atoms with Crippen molar-refractivity contribution in [1.29, 1.82) is 0 Å². The molecule has 0 saturated carbocycles. The molecule has 0 aliphatic carbocycles. The molecule has 0 aliphatic heterocycles. The molecular weight excluding hydrogens is 250 g/mol. The van der Waals surface area contributed by atoms with E-state index < -0.39 is 0 Å². The molecule has 0 atom stereocenters. The molecule has 3 heterocycles. The number of fused-ring (bicyclic) bond motifs is 1. The van der Waals surface area contributed by atoms with Crippen LogP contribution in [0.15, 0.2) is 24.5 Å². The third-order valence-electron chi connectivity index (χ3n) is 2.37. The van der Waals surface area contributed by atoms with Gasteiger partial charge < -0.3 is 10.5 Å². The highest BCUT2D eigenvalue weighted by molar-refractivity contribution is 7.21. The first-order valence-electron chi connectivity index (χ1n) is 5.16. The molecule has 90 valence electrons. The van der Waals surface area contributed by atoms with E-state index in [4.69, 9.17) is 10.5 Å². The zero-order valence-corrected chi connectivity index (χ0v) is 10.3. The summed E-state index contributed by atoms with van der Waals surface area (Å²) in [5, 5.41) is 0.463. The lowest BCUT2D eigenvalue weighted by atomic mass is 10.3. The highest BCUT2D eigenvalue weighted by Gasteiger charge is 2.07. The van der Waals surface area contributed by atoms with Gasteiger partial charge in [-0.05, 0) is 12.1 Å². The number of nitrogens with two attached hydrogens (primary N) is 1. The van der Waals surface area contributed by atoms with Crippen molar-refractivity contribution in [2.45, 2.75) is 0 Å². The summed E-state index contributed by atoms with van der Waals surface area (Å²) in [7, 11) is 1.60. The molecule has 0 spiro atoms. The van der Waals surface area contributed by atoms with Gasteiger partial charge in [0.25, 0.3) is 0 Å². The van der Waals surface area contributed by atoms with E-state index >= 15 is 0 Å². The molecule has 0 saturated heterocycles. The lowest BCUT2D eigenvalue weighted by Gasteiger charge is -2.01. The SMILES string of the molecule is COc1ccc(-c2cnc3nc(N)sc3n2)nc1. The Hall–Kier alpha value is -2.28. The molecule has 2 N–H and O–H groups in total. The Morgan fingerprint density at radius 3 is 2.72 bits per heavy atom. The average Bonchev–Trinajstić information content (AvgIpc) is 2.78. The third kappa shape index (κ3) is 1.84.